The summed E-state index contributed by atoms with van der Waals surface area (Å²) in [6.45, 7) is 14.7. The molecule has 0 aromatic carbocycles. The van der Waals surface area contributed by atoms with Gasteiger partial charge in [0.1, 0.15) is 0 Å². The predicted octanol–water partition coefficient (Wildman–Crippen LogP) is 4.59. The largest absolute Gasteiger partial charge is 0.314 e. The maximum absolute atomic E-state index is 4.75. The number of nitrogens with one attached hydrogen (secondary N) is 1. The third kappa shape index (κ3) is 5.82. The molecule has 1 N–H and O–H groups in total. The van der Waals surface area contributed by atoms with Crippen LogP contribution in [0.1, 0.15) is 79.0 Å². The van der Waals surface area contributed by atoms with Gasteiger partial charge >= 0.3 is 0 Å². The van der Waals surface area contributed by atoms with Crippen molar-refractivity contribution in [2.45, 2.75) is 85.7 Å². The highest BCUT2D eigenvalue weighted by atomic mass is 15.3. The molecule has 0 radical (unpaired) electrons. The lowest BCUT2D eigenvalue weighted by Crippen LogP contribution is -2.40. The van der Waals surface area contributed by atoms with Crippen LogP contribution in [0.3, 0.4) is 0 Å². The van der Waals surface area contributed by atoms with Crippen molar-refractivity contribution in [3.8, 4) is 0 Å². The highest BCUT2D eigenvalue weighted by molar-refractivity contribution is 5.00. The molecule has 1 heterocycles. The monoisotopic (exact) mass is 293 g/mol. The van der Waals surface area contributed by atoms with Gasteiger partial charge in [-0.15, -0.1) is 0 Å². The molecule has 0 aliphatic rings. The van der Waals surface area contributed by atoms with E-state index in [1.807, 2.05) is 0 Å². The molecule has 1 atom stereocenters. The normalized spacial score (nSPS) is 13.9. The van der Waals surface area contributed by atoms with Gasteiger partial charge in [-0.25, -0.2) is 0 Å². The quantitative estimate of drug-likeness (QED) is 0.721. The van der Waals surface area contributed by atoms with Crippen molar-refractivity contribution in [1.29, 1.82) is 0 Å². The molecule has 0 fully saturated rings. The Balaban J connectivity index is 2.48. The minimum atomic E-state index is 0.324. The Morgan fingerprint density at radius 3 is 2.38 bits per heavy atom. The van der Waals surface area contributed by atoms with Crippen molar-refractivity contribution in [2.24, 2.45) is 5.41 Å². The third-order valence-electron chi connectivity index (χ3n) is 4.40. The van der Waals surface area contributed by atoms with Gasteiger partial charge in [-0.3, -0.25) is 4.68 Å². The highest BCUT2D eigenvalue weighted by Crippen LogP contribution is 2.23. The molecule has 1 aromatic rings. The molecule has 0 saturated heterocycles. The minimum Gasteiger partial charge on any atom is -0.314 e. The molecule has 122 valence electrons. The first-order valence-electron chi connectivity index (χ1n) is 8.69. The van der Waals surface area contributed by atoms with E-state index in [-0.39, 0.29) is 0 Å². The fourth-order valence-electron chi connectivity index (χ4n) is 2.95. The van der Waals surface area contributed by atoms with Crippen LogP contribution >= 0.6 is 0 Å². The van der Waals surface area contributed by atoms with Crippen LogP contribution in [-0.2, 0) is 6.42 Å². The Hall–Kier alpha value is -0.830. The maximum Gasteiger partial charge on any atom is 0.0624 e. The Morgan fingerprint density at radius 2 is 1.86 bits per heavy atom. The number of nitrogens with zero attached hydrogens (tertiary/aromatic N) is 2. The Bertz CT molecular complexity index is 385. The van der Waals surface area contributed by atoms with Crippen LogP contribution in [0.25, 0.3) is 0 Å². The summed E-state index contributed by atoms with van der Waals surface area (Å²) in [5, 5.41) is 8.38. The van der Waals surface area contributed by atoms with E-state index in [2.05, 4.69) is 63.8 Å². The second kappa shape index (κ2) is 8.57. The number of aryl methyl sites for hydroxylation is 1. The van der Waals surface area contributed by atoms with E-state index in [1.54, 1.807) is 0 Å². The molecule has 21 heavy (non-hydrogen) atoms. The van der Waals surface area contributed by atoms with E-state index in [9.17, 15) is 0 Å². The summed E-state index contributed by atoms with van der Waals surface area (Å²) in [6, 6.07) is 3.34. The first-order valence-corrected chi connectivity index (χ1v) is 8.69. The van der Waals surface area contributed by atoms with E-state index in [0.29, 0.717) is 17.5 Å². The zero-order chi connectivity index (χ0) is 15.9. The van der Waals surface area contributed by atoms with Gasteiger partial charge in [-0.05, 0) is 50.1 Å². The second-order valence-electron chi connectivity index (χ2n) is 7.13. The SMILES string of the molecule is CCNC(CCCc1ccn(C(CC)CC)n1)C(C)(C)C. The topological polar surface area (TPSA) is 29.9 Å². The van der Waals surface area contributed by atoms with Crippen molar-refractivity contribution >= 4 is 0 Å². The fraction of sp³-hybridized carbons (Fsp3) is 0.833. The summed E-state index contributed by atoms with van der Waals surface area (Å²) < 4.78 is 2.15. The molecular weight excluding hydrogens is 258 g/mol. The van der Waals surface area contributed by atoms with E-state index in [0.717, 1.165) is 25.8 Å². The molecule has 0 saturated carbocycles. The Labute approximate surface area is 131 Å². The number of hydrogen-bond acceptors (Lipinski definition) is 2. The first-order chi connectivity index (χ1) is 9.92. The number of hydrogen-bond donors (Lipinski definition) is 1. The van der Waals surface area contributed by atoms with E-state index < -0.39 is 0 Å². The van der Waals surface area contributed by atoms with Crippen LogP contribution in [0.2, 0.25) is 0 Å². The second-order valence-corrected chi connectivity index (χ2v) is 7.13. The van der Waals surface area contributed by atoms with Gasteiger partial charge in [-0.2, -0.15) is 5.10 Å². The number of aromatic nitrogens is 2. The molecule has 0 amide bonds. The van der Waals surface area contributed by atoms with Crippen LogP contribution in [0.5, 0.6) is 0 Å². The lowest BCUT2D eigenvalue weighted by molar-refractivity contribution is 0.254. The molecule has 0 aliphatic carbocycles. The molecule has 3 nitrogen and oxygen atoms in total. The Kier molecular flexibility index (Phi) is 7.44. The van der Waals surface area contributed by atoms with Crippen molar-refractivity contribution in [3.05, 3.63) is 18.0 Å². The summed E-state index contributed by atoms with van der Waals surface area (Å²) in [5.41, 5.74) is 1.57. The molecular formula is C18H35N3. The smallest absolute Gasteiger partial charge is 0.0624 e. The zero-order valence-electron chi connectivity index (χ0n) is 14.9. The average molecular weight is 293 g/mol. The van der Waals surface area contributed by atoms with Crippen molar-refractivity contribution in [2.75, 3.05) is 6.54 Å². The lowest BCUT2D eigenvalue weighted by atomic mass is 9.83. The van der Waals surface area contributed by atoms with Crippen LogP contribution in [0.15, 0.2) is 12.3 Å². The maximum atomic E-state index is 4.75. The summed E-state index contributed by atoms with van der Waals surface area (Å²) in [7, 11) is 0. The van der Waals surface area contributed by atoms with Crippen LogP contribution in [0, 0.1) is 5.41 Å². The Morgan fingerprint density at radius 1 is 1.19 bits per heavy atom. The summed E-state index contributed by atoms with van der Waals surface area (Å²) >= 11 is 0. The van der Waals surface area contributed by atoms with E-state index in [4.69, 9.17) is 5.10 Å². The zero-order valence-corrected chi connectivity index (χ0v) is 14.9. The molecule has 0 aliphatic heterocycles. The van der Waals surface area contributed by atoms with Gasteiger partial charge in [0, 0.05) is 12.2 Å². The molecule has 3 heteroatoms. The average Bonchev–Trinajstić information content (AvgIpc) is 2.87. The summed E-state index contributed by atoms with van der Waals surface area (Å²) in [6.07, 6.45) is 7.97. The van der Waals surface area contributed by atoms with Crippen molar-refractivity contribution < 1.29 is 0 Å². The third-order valence-corrected chi connectivity index (χ3v) is 4.40. The van der Waals surface area contributed by atoms with E-state index in [1.165, 1.54) is 18.5 Å². The predicted molar refractivity (Wildman–Crippen MR) is 91.7 cm³/mol. The highest BCUT2D eigenvalue weighted by Gasteiger charge is 2.23. The summed E-state index contributed by atoms with van der Waals surface area (Å²) in [4.78, 5) is 0. The van der Waals surface area contributed by atoms with Gasteiger partial charge in [0.2, 0.25) is 0 Å². The number of rotatable bonds is 9. The van der Waals surface area contributed by atoms with Crippen LogP contribution in [0.4, 0.5) is 0 Å². The molecule has 1 rings (SSSR count). The van der Waals surface area contributed by atoms with E-state index >= 15 is 0 Å². The molecule has 0 spiro atoms. The molecule has 1 unspecified atom stereocenters. The van der Waals surface area contributed by atoms with Crippen LogP contribution in [-0.4, -0.2) is 22.4 Å². The summed E-state index contributed by atoms with van der Waals surface area (Å²) in [5.74, 6) is 0. The lowest BCUT2D eigenvalue weighted by Gasteiger charge is -2.31. The van der Waals surface area contributed by atoms with Gasteiger partial charge < -0.3 is 5.32 Å². The van der Waals surface area contributed by atoms with Gasteiger partial charge in [0.15, 0.2) is 0 Å². The standard InChI is InChI=1S/C18H35N3/c1-7-16(8-2)21-14-13-15(20-21)11-10-12-17(19-9-3)18(4,5)6/h13-14,16-17,19H,7-12H2,1-6H3. The van der Waals surface area contributed by atoms with Gasteiger partial charge in [0.05, 0.1) is 11.7 Å². The first kappa shape index (κ1) is 18.2. The fourth-order valence-corrected chi connectivity index (χ4v) is 2.95. The molecule has 1 aromatic heterocycles. The van der Waals surface area contributed by atoms with Crippen LogP contribution < -0.4 is 5.32 Å². The molecule has 0 bridgehead atoms. The minimum absolute atomic E-state index is 0.324. The van der Waals surface area contributed by atoms with Crippen molar-refractivity contribution in [1.82, 2.24) is 15.1 Å². The van der Waals surface area contributed by atoms with Gasteiger partial charge in [0.25, 0.3) is 0 Å². The van der Waals surface area contributed by atoms with Crippen molar-refractivity contribution in [3.63, 3.8) is 0 Å². The van der Waals surface area contributed by atoms with Gasteiger partial charge in [-0.1, -0.05) is 41.5 Å².